The summed E-state index contributed by atoms with van der Waals surface area (Å²) in [6.45, 7) is 10.4. The molecule has 1 saturated carbocycles. The Morgan fingerprint density at radius 1 is 0.933 bits per heavy atom. The van der Waals surface area contributed by atoms with Crippen LogP contribution in [0.4, 0.5) is 5.82 Å². The molecule has 30 heavy (non-hydrogen) atoms. The van der Waals surface area contributed by atoms with Gasteiger partial charge in [-0.05, 0) is 46.5 Å². The fourth-order valence-electron chi connectivity index (χ4n) is 4.94. The van der Waals surface area contributed by atoms with Crippen LogP contribution in [-0.2, 0) is 4.79 Å². The van der Waals surface area contributed by atoms with Gasteiger partial charge in [0.05, 0.1) is 0 Å². The van der Waals surface area contributed by atoms with Crippen molar-refractivity contribution < 1.29 is 4.79 Å². The van der Waals surface area contributed by atoms with Crippen LogP contribution in [0, 0.1) is 5.92 Å². The van der Waals surface area contributed by atoms with Crippen molar-refractivity contribution in [1.29, 1.82) is 0 Å². The third-order valence-corrected chi connectivity index (χ3v) is 6.60. The quantitative estimate of drug-likeness (QED) is 0.712. The Kier molecular flexibility index (Phi) is 7.42. The van der Waals surface area contributed by atoms with E-state index in [1.165, 1.54) is 30.3 Å². The molecule has 1 aromatic rings. The van der Waals surface area contributed by atoms with E-state index in [9.17, 15) is 14.4 Å². The molecule has 7 heteroatoms. The lowest BCUT2D eigenvalue weighted by atomic mass is 10.0. The molecule has 1 amide bonds. The van der Waals surface area contributed by atoms with Gasteiger partial charge in [0, 0.05) is 50.7 Å². The smallest absolute Gasteiger partial charge is 0.333 e. The van der Waals surface area contributed by atoms with Crippen LogP contribution in [0.5, 0.6) is 0 Å². The van der Waals surface area contributed by atoms with Gasteiger partial charge in [-0.1, -0.05) is 25.7 Å². The monoisotopic (exact) mass is 418 g/mol. The zero-order chi connectivity index (χ0) is 21.8. The predicted molar refractivity (Wildman–Crippen MR) is 120 cm³/mol. The first kappa shape index (κ1) is 22.6. The third kappa shape index (κ3) is 4.98. The first-order chi connectivity index (χ1) is 14.3. The maximum atomic E-state index is 13.0. The van der Waals surface area contributed by atoms with Crippen molar-refractivity contribution >= 4 is 11.7 Å². The standard InChI is InChI=1S/C23H38N4O3/c1-17(2)26-20(16-22(29)27(18(3)4)23(26)30)24-12-7-13-25(15-14-24)21(28)11-10-19-8-5-6-9-19/h16-19H,5-15H2,1-4H3. The molecule has 3 rings (SSSR count). The van der Waals surface area contributed by atoms with Crippen LogP contribution in [0.25, 0.3) is 0 Å². The predicted octanol–water partition coefficient (Wildman–Crippen LogP) is 3.18. The fraction of sp³-hybridized carbons (Fsp3) is 0.783. The van der Waals surface area contributed by atoms with E-state index in [-0.39, 0.29) is 29.2 Å². The van der Waals surface area contributed by atoms with Crippen molar-refractivity contribution in [3.05, 3.63) is 26.9 Å². The van der Waals surface area contributed by atoms with Gasteiger partial charge in [-0.15, -0.1) is 0 Å². The van der Waals surface area contributed by atoms with E-state index in [1.807, 2.05) is 32.6 Å². The van der Waals surface area contributed by atoms with Gasteiger partial charge < -0.3 is 9.80 Å². The number of aromatic nitrogens is 2. The summed E-state index contributed by atoms with van der Waals surface area (Å²) in [7, 11) is 0. The Morgan fingerprint density at radius 3 is 2.23 bits per heavy atom. The largest absolute Gasteiger partial charge is 0.356 e. The van der Waals surface area contributed by atoms with Crippen molar-refractivity contribution in [2.75, 3.05) is 31.1 Å². The van der Waals surface area contributed by atoms with Gasteiger partial charge in [0.15, 0.2) is 0 Å². The maximum absolute atomic E-state index is 13.0. The summed E-state index contributed by atoms with van der Waals surface area (Å²) in [5, 5.41) is 0. The molecule has 1 aliphatic carbocycles. The van der Waals surface area contributed by atoms with E-state index in [0.717, 1.165) is 31.8 Å². The molecule has 0 N–H and O–H groups in total. The van der Waals surface area contributed by atoms with Gasteiger partial charge in [-0.25, -0.2) is 4.79 Å². The summed E-state index contributed by atoms with van der Waals surface area (Å²) in [6.07, 6.45) is 7.67. The van der Waals surface area contributed by atoms with E-state index >= 15 is 0 Å². The molecule has 2 fully saturated rings. The second-order valence-corrected chi connectivity index (χ2v) is 9.46. The van der Waals surface area contributed by atoms with Crippen molar-refractivity contribution in [3.8, 4) is 0 Å². The lowest BCUT2D eigenvalue weighted by Crippen LogP contribution is -2.45. The molecule has 0 atom stereocenters. The van der Waals surface area contributed by atoms with Crippen LogP contribution in [0.15, 0.2) is 15.7 Å². The summed E-state index contributed by atoms with van der Waals surface area (Å²) in [5.41, 5.74) is -0.508. The Bertz CT molecular complexity index is 849. The Labute approximate surface area is 179 Å². The molecular formula is C23H38N4O3. The molecule has 0 bridgehead atoms. The Morgan fingerprint density at radius 2 is 1.60 bits per heavy atom. The van der Waals surface area contributed by atoms with Gasteiger partial charge >= 0.3 is 5.69 Å². The molecule has 7 nitrogen and oxygen atoms in total. The van der Waals surface area contributed by atoms with E-state index in [0.29, 0.717) is 25.3 Å². The number of hydrogen-bond donors (Lipinski definition) is 0. The van der Waals surface area contributed by atoms with Crippen LogP contribution >= 0.6 is 0 Å². The minimum absolute atomic E-state index is 0.0505. The average Bonchev–Trinajstić information content (AvgIpc) is 3.07. The van der Waals surface area contributed by atoms with Crippen molar-refractivity contribution in [3.63, 3.8) is 0 Å². The summed E-state index contributed by atoms with van der Waals surface area (Å²) in [4.78, 5) is 42.5. The number of hydrogen-bond acceptors (Lipinski definition) is 4. The average molecular weight is 419 g/mol. The fourth-order valence-corrected chi connectivity index (χ4v) is 4.94. The minimum Gasteiger partial charge on any atom is -0.356 e. The summed E-state index contributed by atoms with van der Waals surface area (Å²) in [5.74, 6) is 1.66. The van der Waals surface area contributed by atoms with Crippen molar-refractivity contribution in [2.45, 2.75) is 84.7 Å². The Hall–Kier alpha value is -2.05. The number of carbonyl (C=O) groups is 1. The highest BCUT2D eigenvalue weighted by molar-refractivity contribution is 5.76. The van der Waals surface area contributed by atoms with Gasteiger partial charge in [-0.2, -0.15) is 0 Å². The van der Waals surface area contributed by atoms with E-state index in [4.69, 9.17) is 0 Å². The molecular weight excluding hydrogens is 380 g/mol. The molecule has 2 heterocycles. The molecule has 168 valence electrons. The molecule has 0 aromatic carbocycles. The highest BCUT2D eigenvalue weighted by atomic mass is 16.2. The molecule has 1 saturated heterocycles. The minimum atomic E-state index is -0.254. The zero-order valence-corrected chi connectivity index (χ0v) is 19.1. The van der Waals surface area contributed by atoms with Crippen LogP contribution in [0.3, 0.4) is 0 Å². The van der Waals surface area contributed by atoms with Crippen molar-refractivity contribution in [2.24, 2.45) is 5.92 Å². The highest BCUT2D eigenvalue weighted by Crippen LogP contribution is 2.29. The van der Waals surface area contributed by atoms with E-state index in [2.05, 4.69) is 4.90 Å². The second-order valence-electron chi connectivity index (χ2n) is 9.46. The lowest BCUT2D eigenvalue weighted by Gasteiger charge is -2.29. The first-order valence-electron chi connectivity index (χ1n) is 11.7. The van der Waals surface area contributed by atoms with E-state index in [1.54, 1.807) is 10.6 Å². The maximum Gasteiger partial charge on any atom is 0.333 e. The normalized spacial score (nSPS) is 18.5. The van der Waals surface area contributed by atoms with E-state index < -0.39 is 0 Å². The van der Waals surface area contributed by atoms with Crippen molar-refractivity contribution in [1.82, 2.24) is 14.0 Å². The number of nitrogens with zero attached hydrogens (tertiary/aromatic N) is 4. The number of carbonyl (C=O) groups excluding carboxylic acids is 1. The lowest BCUT2D eigenvalue weighted by molar-refractivity contribution is -0.131. The van der Waals surface area contributed by atoms with Gasteiger partial charge in [0.25, 0.3) is 5.56 Å². The summed E-state index contributed by atoms with van der Waals surface area (Å²) >= 11 is 0. The topological polar surface area (TPSA) is 67.5 Å². The highest BCUT2D eigenvalue weighted by Gasteiger charge is 2.25. The molecule has 0 unspecified atom stereocenters. The molecule has 1 aromatic heterocycles. The second kappa shape index (κ2) is 9.84. The summed E-state index contributed by atoms with van der Waals surface area (Å²) < 4.78 is 3.04. The zero-order valence-electron chi connectivity index (χ0n) is 19.1. The van der Waals surface area contributed by atoms with Gasteiger partial charge in [0.2, 0.25) is 5.91 Å². The van der Waals surface area contributed by atoms with Gasteiger partial charge in [0.1, 0.15) is 5.82 Å². The first-order valence-corrected chi connectivity index (χ1v) is 11.7. The Balaban J connectivity index is 1.74. The van der Waals surface area contributed by atoms with Crippen LogP contribution in [0.2, 0.25) is 0 Å². The molecule has 0 radical (unpaired) electrons. The number of rotatable bonds is 6. The molecule has 0 spiro atoms. The summed E-state index contributed by atoms with van der Waals surface area (Å²) in [6, 6.07) is 1.37. The molecule has 1 aliphatic heterocycles. The number of anilines is 1. The van der Waals surface area contributed by atoms with Crippen LogP contribution in [-0.4, -0.2) is 46.1 Å². The van der Waals surface area contributed by atoms with Crippen LogP contribution in [0.1, 0.15) is 84.7 Å². The third-order valence-electron chi connectivity index (χ3n) is 6.60. The van der Waals surface area contributed by atoms with Gasteiger partial charge in [-0.3, -0.25) is 18.7 Å². The number of amides is 1. The van der Waals surface area contributed by atoms with Crippen LogP contribution < -0.4 is 16.1 Å². The SMILES string of the molecule is CC(C)n1c(N2CCCN(C(=O)CCC3CCCC3)CC2)cc(=O)n(C(C)C)c1=O. The molecule has 2 aliphatic rings.